The Balaban J connectivity index is 2.19. The Kier molecular flexibility index (Phi) is 1.91. The molecular weight excluding hydrogens is 150 g/mol. The maximum Gasteiger partial charge on any atom is 0.159 e. The van der Waals surface area contributed by atoms with Crippen LogP contribution in [0.4, 0.5) is 0 Å². The summed E-state index contributed by atoms with van der Waals surface area (Å²) < 4.78 is 0. The smallest absolute Gasteiger partial charge is 0.159 e. The van der Waals surface area contributed by atoms with Crippen molar-refractivity contribution in [3.05, 3.63) is 11.8 Å². The maximum absolute atomic E-state index is 11.2. The monoisotopic (exact) mass is 165 g/mol. The number of nitrogens with zero attached hydrogens (tertiary/aromatic N) is 1. The molecule has 1 fully saturated rings. The zero-order valence-corrected chi connectivity index (χ0v) is 7.55. The average Bonchev–Trinajstić information content (AvgIpc) is 2.04. The predicted octanol–water partition coefficient (Wildman–Crippen LogP) is 1.72. The SMILES string of the molecule is CC1=CC(=O)C[C@@H]2CCCCN12. The van der Waals surface area contributed by atoms with Crippen LogP contribution in [0.25, 0.3) is 0 Å². The highest BCUT2D eigenvalue weighted by molar-refractivity contribution is 5.91. The van der Waals surface area contributed by atoms with Gasteiger partial charge in [-0.25, -0.2) is 0 Å². The Morgan fingerprint density at radius 3 is 3.17 bits per heavy atom. The standard InChI is InChI=1S/C10H15NO/c1-8-6-10(12)7-9-4-2-3-5-11(8)9/h6,9H,2-5,7H2,1H3/t9-/m0/s1. The number of carbonyl (C=O) groups excluding carboxylic acids is 1. The molecule has 0 spiro atoms. The number of allylic oxidation sites excluding steroid dienone is 2. The Morgan fingerprint density at radius 1 is 1.50 bits per heavy atom. The van der Waals surface area contributed by atoms with E-state index < -0.39 is 0 Å². The minimum Gasteiger partial charge on any atom is -0.372 e. The lowest BCUT2D eigenvalue weighted by Crippen LogP contribution is -2.42. The van der Waals surface area contributed by atoms with Gasteiger partial charge in [0.2, 0.25) is 0 Å². The summed E-state index contributed by atoms with van der Waals surface area (Å²) in [5.41, 5.74) is 1.18. The summed E-state index contributed by atoms with van der Waals surface area (Å²) in [4.78, 5) is 13.6. The van der Waals surface area contributed by atoms with Gasteiger partial charge in [-0.05, 0) is 26.2 Å². The number of hydrogen-bond acceptors (Lipinski definition) is 2. The van der Waals surface area contributed by atoms with Crippen LogP contribution in [0, 0.1) is 0 Å². The third-order valence-corrected chi connectivity index (χ3v) is 2.89. The van der Waals surface area contributed by atoms with Crippen LogP contribution in [0.3, 0.4) is 0 Å². The highest BCUT2D eigenvalue weighted by Crippen LogP contribution is 2.27. The second-order valence-electron chi connectivity index (χ2n) is 3.80. The van der Waals surface area contributed by atoms with Gasteiger partial charge in [-0.15, -0.1) is 0 Å². The van der Waals surface area contributed by atoms with E-state index in [0.29, 0.717) is 11.8 Å². The second kappa shape index (κ2) is 2.92. The highest BCUT2D eigenvalue weighted by Gasteiger charge is 2.27. The van der Waals surface area contributed by atoms with Gasteiger partial charge in [-0.2, -0.15) is 0 Å². The summed E-state index contributed by atoms with van der Waals surface area (Å²) >= 11 is 0. The molecule has 0 amide bonds. The molecule has 1 atom stereocenters. The molecule has 0 aromatic rings. The Bertz CT molecular complexity index is 232. The topological polar surface area (TPSA) is 20.3 Å². The summed E-state index contributed by atoms with van der Waals surface area (Å²) in [6.07, 6.45) is 6.33. The fourth-order valence-electron chi connectivity index (χ4n) is 2.28. The molecule has 2 aliphatic heterocycles. The number of piperidine rings is 1. The van der Waals surface area contributed by atoms with Gasteiger partial charge in [0, 0.05) is 30.8 Å². The molecule has 0 saturated carbocycles. The first kappa shape index (κ1) is 7.84. The van der Waals surface area contributed by atoms with Crippen molar-refractivity contribution >= 4 is 5.78 Å². The molecule has 0 radical (unpaired) electrons. The lowest BCUT2D eigenvalue weighted by Gasteiger charge is -2.40. The molecule has 0 unspecified atom stereocenters. The molecule has 66 valence electrons. The number of rotatable bonds is 0. The van der Waals surface area contributed by atoms with Gasteiger partial charge in [0.25, 0.3) is 0 Å². The van der Waals surface area contributed by atoms with Crippen molar-refractivity contribution in [3.63, 3.8) is 0 Å². The molecule has 2 aliphatic rings. The maximum atomic E-state index is 11.2. The molecule has 2 heterocycles. The molecule has 2 nitrogen and oxygen atoms in total. The molecule has 12 heavy (non-hydrogen) atoms. The number of hydrogen-bond donors (Lipinski definition) is 0. The van der Waals surface area contributed by atoms with E-state index in [1.165, 1.54) is 25.0 Å². The van der Waals surface area contributed by atoms with Gasteiger partial charge < -0.3 is 4.90 Å². The van der Waals surface area contributed by atoms with E-state index in [0.717, 1.165) is 13.0 Å². The van der Waals surface area contributed by atoms with Crippen molar-refractivity contribution < 1.29 is 4.79 Å². The Hall–Kier alpha value is -0.790. The third-order valence-electron chi connectivity index (χ3n) is 2.89. The van der Waals surface area contributed by atoms with Crippen LogP contribution in [0.2, 0.25) is 0 Å². The van der Waals surface area contributed by atoms with Crippen LogP contribution in [-0.2, 0) is 4.79 Å². The Labute approximate surface area is 73.2 Å². The zero-order valence-electron chi connectivity index (χ0n) is 7.55. The van der Waals surface area contributed by atoms with Crippen LogP contribution in [0.1, 0.15) is 32.6 Å². The largest absolute Gasteiger partial charge is 0.372 e. The molecule has 0 aliphatic carbocycles. The normalized spacial score (nSPS) is 29.8. The highest BCUT2D eigenvalue weighted by atomic mass is 16.1. The first-order valence-corrected chi connectivity index (χ1v) is 4.75. The quantitative estimate of drug-likeness (QED) is 0.544. The van der Waals surface area contributed by atoms with E-state index in [1.54, 1.807) is 6.08 Å². The van der Waals surface area contributed by atoms with Crippen LogP contribution >= 0.6 is 0 Å². The minimum atomic E-state index is 0.315. The summed E-state index contributed by atoms with van der Waals surface area (Å²) in [6, 6.07) is 0.524. The third kappa shape index (κ3) is 1.26. The summed E-state index contributed by atoms with van der Waals surface area (Å²) in [7, 11) is 0. The van der Waals surface area contributed by atoms with E-state index in [9.17, 15) is 4.79 Å². The first-order chi connectivity index (χ1) is 5.77. The molecule has 0 N–H and O–H groups in total. The van der Waals surface area contributed by atoms with Crippen LogP contribution in [-0.4, -0.2) is 23.3 Å². The van der Waals surface area contributed by atoms with Crippen molar-refractivity contribution in [2.24, 2.45) is 0 Å². The molecule has 2 rings (SSSR count). The van der Waals surface area contributed by atoms with Crippen molar-refractivity contribution in [2.75, 3.05) is 6.54 Å². The molecular formula is C10H15NO. The van der Waals surface area contributed by atoms with Crippen molar-refractivity contribution in [2.45, 2.75) is 38.6 Å². The second-order valence-corrected chi connectivity index (χ2v) is 3.80. The van der Waals surface area contributed by atoms with Gasteiger partial charge in [0.15, 0.2) is 5.78 Å². The van der Waals surface area contributed by atoms with Gasteiger partial charge in [-0.3, -0.25) is 4.79 Å². The first-order valence-electron chi connectivity index (χ1n) is 4.75. The molecule has 0 aromatic heterocycles. The van der Waals surface area contributed by atoms with Crippen molar-refractivity contribution in [3.8, 4) is 0 Å². The molecule has 2 heteroatoms. The molecule has 1 saturated heterocycles. The van der Waals surface area contributed by atoms with E-state index in [1.807, 2.05) is 0 Å². The van der Waals surface area contributed by atoms with Crippen LogP contribution in [0.5, 0.6) is 0 Å². The van der Waals surface area contributed by atoms with Gasteiger partial charge in [0.1, 0.15) is 0 Å². The van der Waals surface area contributed by atoms with E-state index >= 15 is 0 Å². The Morgan fingerprint density at radius 2 is 2.33 bits per heavy atom. The van der Waals surface area contributed by atoms with Gasteiger partial charge in [0.05, 0.1) is 0 Å². The summed E-state index contributed by atoms with van der Waals surface area (Å²) in [6.45, 7) is 3.20. The molecule has 0 bridgehead atoms. The number of ketones is 1. The van der Waals surface area contributed by atoms with E-state index in [-0.39, 0.29) is 0 Å². The number of carbonyl (C=O) groups is 1. The van der Waals surface area contributed by atoms with Crippen molar-refractivity contribution in [1.29, 1.82) is 0 Å². The summed E-state index contributed by atoms with van der Waals surface area (Å²) in [5.74, 6) is 0.315. The van der Waals surface area contributed by atoms with Gasteiger partial charge in [-0.1, -0.05) is 0 Å². The fourth-order valence-corrected chi connectivity index (χ4v) is 2.28. The lowest BCUT2D eigenvalue weighted by molar-refractivity contribution is -0.116. The minimum absolute atomic E-state index is 0.315. The zero-order chi connectivity index (χ0) is 8.55. The van der Waals surface area contributed by atoms with E-state index in [4.69, 9.17) is 0 Å². The van der Waals surface area contributed by atoms with Crippen LogP contribution < -0.4 is 0 Å². The van der Waals surface area contributed by atoms with Crippen molar-refractivity contribution in [1.82, 2.24) is 4.90 Å². The lowest BCUT2D eigenvalue weighted by atomic mass is 9.93. The van der Waals surface area contributed by atoms with Crippen LogP contribution in [0.15, 0.2) is 11.8 Å². The number of fused-ring (bicyclic) bond motifs is 1. The predicted molar refractivity (Wildman–Crippen MR) is 47.7 cm³/mol. The summed E-state index contributed by atoms with van der Waals surface area (Å²) in [5, 5.41) is 0. The van der Waals surface area contributed by atoms with Gasteiger partial charge >= 0.3 is 0 Å². The fraction of sp³-hybridized carbons (Fsp3) is 0.700. The average molecular weight is 165 g/mol. The van der Waals surface area contributed by atoms with E-state index in [2.05, 4.69) is 11.8 Å². The molecule has 0 aromatic carbocycles.